The first kappa shape index (κ1) is 27.7. The summed E-state index contributed by atoms with van der Waals surface area (Å²) in [5.41, 5.74) is 1.28. The molecule has 1 saturated carbocycles. The maximum absolute atomic E-state index is 12.9. The number of benzene rings is 1. The standard InChI is InChI=1S/C27H39NO6.C3H6/c1-16(25(30)32-5)11-17-9-10-21-22(29)15-23(33-24(21)12-17)18-13-19-7-6-8-20(14-18)28(19)26(31)34-27(2,3)4;1-2-3-1/h9-10,12,16,18-20,22-23,29H,6-8,11,13-15H2,1-5H3;1-3H2. The van der Waals surface area contributed by atoms with Gasteiger partial charge < -0.3 is 24.2 Å². The molecule has 5 unspecified atom stereocenters. The first-order valence-electron chi connectivity index (χ1n) is 14.1. The van der Waals surface area contributed by atoms with E-state index in [2.05, 4.69) is 0 Å². The predicted octanol–water partition coefficient (Wildman–Crippen LogP) is 5.96. The molecule has 1 N–H and O–H groups in total. The van der Waals surface area contributed by atoms with Crippen LogP contribution in [-0.2, 0) is 20.7 Å². The number of piperidine rings is 2. The van der Waals surface area contributed by atoms with Gasteiger partial charge in [-0.05, 0) is 76.8 Å². The number of fused-ring (bicyclic) bond motifs is 3. The van der Waals surface area contributed by atoms with E-state index in [4.69, 9.17) is 14.2 Å². The van der Waals surface area contributed by atoms with Crippen molar-refractivity contribution in [2.24, 2.45) is 11.8 Å². The molecular weight excluding hydrogens is 470 g/mol. The van der Waals surface area contributed by atoms with E-state index >= 15 is 0 Å². The highest BCUT2D eigenvalue weighted by molar-refractivity contribution is 5.72. The average molecular weight is 516 g/mol. The van der Waals surface area contributed by atoms with Crippen molar-refractivity contribution in [3.63, 3.8) is 0 Å². The largest absolute Gasteiger partial charge is 0.490 e. The lowest BCUT2D eigenvalue weighted by Crippen LogP contribution is -2.57. The van der Waals surface area contributed by atoms with E-state index in [9.17, 15) is 14.7 Å². The van der Waals surface area contributed by atoms with Gasteiger partial charge in [0.25, 0.3) is 0 Å². The smallest absolute Gasteiger partial charge is 0.410 e. The monoisotopic (exact) mass is 515 g/mol. The molecule has 1 aromatic carbocycles. The molecule has 7 nitrogen and oxygen atoms in total. The van der Waals surface area contributed by atoms with Crippen molar-refractivity contribution < 1.29 is 28.9 Å². The minimum atomic E-state index is -0.579. The SMILES string of the molecule is C1CC1.COC(=O)C(C)Cc1ccc2c(c1)OC(C1CC3CCCC(C1)N3C(=O)OC(C)(C)C)CC2O. The van der Waals surface area contributed by atoms with E-state index in [0.29, 0.717) is 18.6 Å². The Bertz CT molecular complexity index is 937. The maximum Gasteiger partial charge on any atom is 0.410 e. The third kappa shape index (κ3) is 7.18. The van der Waals surface area contributed by atoms with Gasteiger partial charge in [-0.1, -0.05) is 38.3 Å². The van der Waals surface area contributed by atoms with Crippen molar-refractivity contribution in [1.82, 2.24) is 4.90 Å². The molecule has 3 aliphatic heterocycles. The molecule has 1 aliphatic carbocycles. The highest BCUT2D eigenvalue weighted by Crippen LogP contribution is 2.44. The van der Waals surface area contributed by atoms with Crippen LogP contribution in [0.15, 0.2) is 18.2 Å². The van der Waals surface area contributed by atoms with Gasteiger partial charge in [-0.25, -0.2) is 4.79 Å². The lowest BCUT2D eigenvalue weighted by Gasteiger charge is -2.50. The van der Waals surface area contributed by atoms with Crippen molar-refractivity contribution in [3.8, 4) is 5.75 Å². The first-order chi connectivity index (χ1) is 17.6. The number of carbonyl (C=O) groups excluding carboxylic acids is 2. The van der Waals surface area contributed by atoms with E-state index in [1.807, 2.05) is 50.8 Å². The lowest BCUT2D eigenvalue weighted by atomic mass is 9.74. The summed E-state index contributed by atoms with van der Waals surface area (Å²) < 4.78 is 17.0. The molecule has 5 rings (SSSR count). The van der Waals surface area contributed by atoms with Crippen LogP contribution in [0.2, 0.25) is 0 Å². The molecule has 0 spiro atoms. The number of hydrogen-bond acceptors (Lipinski definition) is 6. The minimum Gasteiger partial charge on any atom is -0.490 e. The number of aliphatic hydroxyl groups excluding tert-OH is 1. The van der Waals surface area contributed by atoms with Crippen molar-refractivity contribution in [1.29, 1.82) is 0 Å². The van der Waals surface area contributed by atoms with Crippen LogP contribution in [0.25, 0.3) is 0 Å². The fraction of sp³-hybridized carbons (Fsp3) is 0.733. The van der Waals surface area contributed by atoms with Crippen LogP contribution in [0.1, 0.15) is 103 Å². The van der Waals surface area contributed by atoms with Crippen LogP contribution in [0, 0.1) is 11.8 Å². The summed E-state index contributed by atoms with van der Waals surface area (Å²) in [5.74, 6) is 0.497. The van der Waals surface area contributed by atoms with Gasteiger partial charge in [-0.15, -0.1) is 0 Å². The van der Waals surface area contributed by atoms with Crippen LogP contribution >= 0.6 is 0 Å². The number of esters is 1. The van der Waals surface area contributed by atoms with Crippen LogP contribution < -0.4 is 4.74 Å². The number of ether oxygens (including phenoxy) is 3. The Kier molecular flexibility index (Phi) is 8.72. The molecule has 0 radical (unpaired) electrons. The van der Waals surface area contributed by atoms with Crippen molar-refractivity contribution >= 4 is 12.1 Å². The second-order valence-electron chi connectivity index (χ2n) is 12.3. The molecule has 1 amide bonds. The Morgan fingerprint density at radius 1 is 1.08 bits per heavy atom. The molecular formula is C30H45NO6. The summed E-state index contributed by atoms with van der Waals surface area (Å²) in [7, 11) is 1.40. The second-order valence-corrected chi connectivity index (χ2v) is 12.3. The fourth-order valence-corrected chi connectivity index (χ4v) is 5.91. The molecule has 2 saturated heterocycles. The van der Waals surface area contributed by atoms with Crippen LogP contribution in [0.4, 0.5) is 4.79 Å². The lowest BCUT2D eigenvalue weighted by molar-refractivity contribution is -0.144. The van der Waals surface area contributed by atoms with Gasteiger partial charge in [0.15, 0.2) is 0 Å². The second kappa shape index (κ2) is 11.6. The van der Waals surface area contributed by atoms with E-state index in [1.54, 1.807) is 0 Å². The highest BCUT2D eigenvalue weighted by atomic mass is 16.6. The van der Waals surface area contributed by atoms with Gasteiger partial charge >= 0.3 is 12.1 Å². The zero-order chi connectivity index (χ0) is 26.7. The normalized spacial score (nSPS) is 29.0. The van der Waals surface area contributed by atoms with Gasteiger partial charge in [0.2, 0.25) is 0 Å². The third-order valence-electron chi connectivity index (χ3n) is 7.81. The first-order valence-corrected chi connectivity index (χ1v) is 14.1. The van der Waals surface area contributed by atoms with E-state index < -0.39 is 11.7 Å². The molecule has 5 atom stereocenters. The van der Waals surface area contributed by atoms with Crippen molar-refractivity contribution in [3.05, 3.63) is 29.3 Å². The fourth-order valence-electron chi connectivity index (χ4n) is 5.91. The maximum atomic E-state index is 12.9. The highest BCUT2D eigenvalue weighted by Gasteiger charge is 2.46. The predicted molar refractivity (Wildman–Crippen MR) is 141 cm³/mol. The van der Waals surface area contributed by atoms with E-state index in [0.717, 1.165) is 43.2 Å². The summed E-state index contributed by atoms with van der Waals surface area (Å²) in [4.78, 5) is 26.7. The summed E-state index contributed by atoms with van der Waals surface area (Å²) in [5, 5.41) is 10.9. The Hall–Kier alpha value is -2.28. The summed E-state index contributed by atoms with van der Waals surface area (Å²) in [6.45, 7) is 7.56. The molecule has 4 aliphatic rings. The number of amides is 1. The van der Waals surface area contributed by atoms with Crippen molar-refractivity contribution in [2.75, 3.05) is 7.11 Å². The molecule has 2 bridgehead atoms. The quantitative estimate of drug-likeness (QED) is 0.498. The van der Waals surface area contributed by atoms with Gasteiger partial charge in [0, 0.05) is 24.1 Å². The van der Waals surface area contributed by atoms with Crippen molar-refractivity contribution in [2.45, 2.75) is 122 Å². The molecule has 7 heteroatoms. The number of carbonyl (C=O) groups is 2. The van der Waals surface area contributed by atoms with Crippen LogP contribution in [-0.4, -0.2) is 53.0 Å². The molecule has 0 aromatic heterocycles. The number of nitrogens with zero attached hydrogens (tertiary/aromatic N) is 1. The van der Waals surface area contributed by atoms with Gasteiger partial charge in [0.05, 0.1) is 19.1 Å². The van der Waals surface area contributed by atoms with Gasteiger partial charge in [0.1, 0.15) is 17.5 Å². The summed E-state index contributed by atoms with van der Waals surface area (Å²) in [6.07, 6.45) is 9.54. The number of hydrogen-bond donors (Lipinski definition) is 1. The third-order valence-corrected chi connectivity index (χ3v) is 7.81. The number of methoxy groups -OCH3 is 1. The molecule has 3 heterocycles. The summed E-state index contributed by atoms with van der Waals surface area (Å²) >= 11 is 0. The van der Waals surface area contributed by atoms with Crippen LogP contribution in [0.3, 0.4) is 0 Å². The van der Waals surface area contributed by atoms with E-state index in [-0.39, 0.29) is 42.1 Å². The van der Waals surface area contributed by atoms with Gasteiger partial charge in [-0.2, -0.15) is 0 Å². The molecule has 37 heavy (non-hydrogen) atoms. The number of aliphatic hydroxyl groups is 1. The summed E-state index contributed by atoms with van der Waals surface area (Å²) in [6, 6.07) is 6.13. The molecule has 3 fully saturated rings. The molecule has 1 aromatic rings. The average Bonchev–Trinajstić information content (AvgIpc) is 3.71. The zero-order valence-electron chi connectivity index (χ0n) is 23.2. The molecule has 206 valence electrons. The Morgan fingerprint density at radius 2 is 1.73 bits per heavy atom. The Morgan fingerprint density at radius 3 is 2.30 bits per heavy atom. The number of rotatable bonds is 4. The Labute approximate surface area is 221 Å². The zero-order valence-corrected chi connectivity index (χ0v) is 23.2. The minimum absolute atomic E-state index is 0.0975. The van der Waals surface area contributed by atoms with E-state index in [1.165, 1.54) is 26.4 Å². The van der Waals surface area contributed by atoms with Gasteiger partial charge in [-0.3, -0.25) is 4.79 Å². The Balaban J connectivity index is 0.000000994. The van der Waals surface area contributed by atoms with Crippen LogP contribution in [0.5, 0.6) is 5.75 Å². The topological polar surface area (TPSA) is 85.3 Å².